The van der Waals surface area contributed by atoms with E-state index in [0.717, 1.165) is 25.7 Å². The van der Waals surface area contributed by atoms with Crippen LogP contribution in [-0.2, 0) is 9.53 Å². The summed E-state index contributed by atoms with van der Waals surface area (Å²) in [5.41, 5.74) is -0.536. The third kappa shape index (κ3) is 3.91. The number of ether oxygens (including phenoxy) is 1. The van der Waals surface area contributed by atoms with Gasteiger partial charge in [0.15, 0.2) is 5.65 Å². The second-order valence-corrected chi connectivity index (χ2v) is 7.82. The molecule has 9 nitrogen and oxygen atoms in total. The molecule has 0 aromatic carbocycles. The van der Waals surface area contributed by atoms with Gasteiger partial charge >= 0.3 is 5.69 Å². The lowest BCUT2D eigenvalue weighted by Crippen LogP contribution is -2.31. The van der Waals surface area contributed by atoms with Crippen molar-refractivity contribution in [3.8, 4) is 0 Å². The minimum absolute atomic E-state index is 0.0778. The molecule has 0 unspecified atom stereocenters. The van der Waals surface area contributed by atoms with Gasteiger partial charge in [-0.1, -0.05) is 11.8 Å². The summed E-state index contributed by atoms with van der Waals surface area (Å²) in [6.07, 6.45) is 3.80. The molecule has 2 N–H and O–H groups in total. The maximum atomic E-state index is 12.5. The Morgan fingerprint density at radius 2 is 2.07 bits per heavy atom. The van der Waals surface area contributed by atoms with Gasteiger partial charge in [-0.15, -0.1) is 0 Å². The normalized spacial score (nSPS) is 16.6. The number of aromatic nitrogens is 4. The molecule has 2 aromatic rings. The Labute approximate surface area is 158 Å². The molecule has 1 amide bonds. The number of rotatable bonds is 8. The SMILES string of the molecule is COCCNC(=O)CSc1nc(C2CC2)nc2c1c(=O)[nH]c(=O)n2C1CC1. The maximum absolute atomic E-state index is 12.5. The molecule has 0 aliphatic heterocycles. The van der Waals surface area contributed by atoms with Gasteiger partial charge in [0, 0.05) is 25.6 Å². The highest BCUT2D eigenvalue weighted by Crippen LogP contribution is 2.40. The molecule has 2 aliphatic rings. The topological polar surface area (TPSA) is 119 Å². The predicted molar refractivity (Wildman–Crippen MR) is 100 cm³/mol. The first-order valence-electron chi connectivity index (χ1n) is 9.03. The highest BCUT2D eigenvalue weighted by molar-refractivity contribution is 8.00. The Bertz CT molecular complexity index is 993. The van der Waals surface area contributed by atoms with Crippen LogP contribution in [0.1, 0.15) is 43.5 Å². The largest absolute Gasteiger partial charge is 0.383 e. The second kappa shape index (κ2) is 7.43. The fourth-order valence-corrected chi connectivity index (χ4v) is 3.77. The van der Waals surface area contributed by atoms with Gasteiger partial charge in [-0.2, -0.15) is 0 Å². The van der Waals surface area contributed by atoms with Gasteiger partial charge in [0.05, 0.1) is 12.4 Å². The fourth-order valence-electron chi connectivity index (χ4n) is 2.91. The van der Waals surface area contributed by atoms with E-state index in [1.807, 2.05) is 0 Å². The average molecular weight is 391 g/mol. The van der Waals surface area contributed by atoms with Crippen molar-refractivity contribution in [3.63, 3.8) is 0 Å². The van der Waals surface area contributed by atoms with Gasteiger partial charge in [0.1, 0.15) is 16.2 Å². The van der Waals surface area contributed by atoms with Crippen LogP contribution in [0.5, 0.6) is 0 Å². The molecule has 0 atom stereocenters. The summed E-state index contributed by atoms with van der Waals surface area (Å²) in [6, 6.07) is 0.0778. The summed E-state index contributed by atoms with van der Waals surface area (Å²) in [6.45, 7) is 0.863. The van der Waals surface area contributed by atoms with Crippen molar-refractivity contribution in [1.29, 1.82) is 0 Å². The number of carbonyl (C=O) groups is 1. The first-order chi connectivity index (χ1) is 13.1. The lowest BCUT2D eigenvalue weighted by Gasteiger charge is -2.12. The minimum Gasteiger partial charge on any atom is -0.383 e. The molecule has 4 rings (SSSR count). The van der Waals surface area contributed by atoms with Crippen LogP contribution >= 0.6 is 11.8 Å². The Balaban J connectivity index is 1.70. The van der Waals surface area contributed by atoms with Crippen LogP contribution in [0.2, 0.25) is 0 Å². The molecular formula is C17H21N5O4S. The molecule has 27 heavy (non-hydrogen) atoms. The number of H-pyrrole nitrogens is 1. The summed E-state index contributed by atoms with van der Waals surface area (Å²) in [5.74, 6) is 0.890. The first kappa shape index (κ1) is 18.2. The zero-order chi connectivity index (χ0) is 19.0. The highest BCUT2D eigenvalue weighted by Gasteiger charge is 2.32. The number of hydrogen-bond donors (Lipinski definition) is 2. The molecule has 0 saturated heterocycles. The van der Waals surface area contributed by atoms with Crippen LogP contribution in [0.25, 0.3) is 11.0 Å². The number of amides is 1. The molecule has 2 saturated carbocycles. The van der Waals surface area contributed by atoms with E-state index >= 15 is 0 Å². The van der Waals surface area contributed by atoms with Crippen LogP contribution in [0.15, 0.2) is 14.6 Å². The lowest BCUT2D eigenvalue weighted by atomic mass is 10.3. The third-order valence-electron chi connectivity index (χ3n) is 4.59. The van der Waals surface area contributed by atoms with Crippen molar-refractivity contribution in [2.45, 2.75) is 42.7 Å². The van der Waals surface area contributed by atoms with Crippen molar-refractivity contribution in [3.05, 3.63) is 26.7 Å². The van der Waals surface area contributed by atoms with Crippen molar-refractivity contribution in [2.24, 2.45) is 0 Å². The quantitative estimate of drug-likeness (QED) is 0.383. The van der Waals surface area contributed by atoms with Crippen molar-refractivity contribution < 1.29 is 9.53 Å². The highest BCUT2D eigenvalue weighted by atomic mass is 32.2. The van der Waals surface area contributed by atoms with Crippen LogP contribution in [0.4, 0.5) is 0 Å². The molecule has 0 bridgehead atoms. The van der Waals surface area contributed by atoms with Crippen LogP contribution in [0, 0.1) is 0 Å². The van der Waals surface area contributed by atoms with E-state index in [1.54, 1.807) is 11.7 Å². The summed E-state index contributed by atoms with van der Waals surface area (Å²) in [5, 5.41) is 3.50. The monoisotopic (exact) mass is 391 g/mol. The van der Waals surface area contributed by atoms with Gasteiger partial charge in [0.25, 0.3) is 5.56 Å². The average Bonchev–Trinajstić information content (AvgIpc) is 3.52. The Morgan fingerprint density at radius 3 is 2.74 bits per heavy atom. The standard InChI is InChI=1S/C17H21N5O4S/c1-26-7-6-18-11(23)8-27-16-12-14(19-13(20-16)9-2-3-9)22(10-4-5-10)17(25)21-15(12)24/h9-10H,2-8H2,1H3,(H,18,23)(H,21,24,25). The zero-order valence-corrected chi connectivity index (χ0v) is 15.8. The smallest absolute Gasteiger partial charge is 0.330 e. The summed E-state index contributed by atoms with van der Waals surface area (Å²) < 4.78 is 6.49. The lowest BCUT2D eigenvalue weighted by molar-refractivity contribution is -0.118. The molecule has 10 heteroatoms. The molecule has 2 aromatic heterocycles. The molecular weight excluding hydrogens is 370 g/mol. The molecule has 2 fully saturated rings. The van der Waals surface area contributed by atoms with Gasteiger partial charge in [-0.05, 0) is 25.7 Å². The van der Waals surface area contributed by atoms with Crippen molar-refractivity contribution in [2.75, 3.05) is 26.0 Å². The Kier molecular flexibility index (Phi) is 5.00. The van der Waals surface area contributed by atoms with Crippen LogP contribution in [-0.4, -0.2) is 51.4 Å². The number of hydrogen-bond acceptors (Lipinski definition) is 7. The van der Waals surface area contributed by atoms with E-state index in [4.69, 9.17) is 4.74 Å². The molecule has 2 heterocycles. The number of nitrogens with zero attached hydrogens (tertiary/aromatic N) is 3. The van der Waals surface area contributed by atoms with Crippen LogP contribution < -0.4 is 16.6 Å². The van der Waals surface area contributed by atoms with Crippen LogP contribution in [0.3, 0.4) is 0 Å². The van der Waals surface area contributed by atoms with E-state index in [2.05, 4.69) is 20.3 Å². The molecule has 2 aliphatic carbocycles. The van der Waals surface area contributed by atoms with E-state index in [9.17, 15) is 14.4 Å². The number of nitrogens with one attached hydrogen (secondary N) is 2. The minimum atomic E-state index is -0.503. The zero-order valence-electron chi connectivity index (χ0n) is 15.0. The number of aromatic amines is 1. The summed E-state index contributed by atoms with van der Waals surface area (Å²) in [4.78, 5) is 48.3. The van der Waals surface area contributed by atoms with E-state index in [1.165, 1.54) is 11.8 Å². The Hall–Kier alpha value is -2.20. The Morgan fingerprint density at radius 1 is 1.30 bits per heavy atom. The maximum Gasteiger partial charge on any atom is 0.330 e. The van der Waals surface area contributed by atoms with Gasteiger partial charge < -0.3 is 10.1 Å². The number of carbonyl (C=O) groups excluding carboxylic acids is 1. The van der Waals surface area contributed by atoms with Crippen molar-refractivity contribution >= 4 is 28.7 Å². The van der Waals surface area contributed by atoms with E-state index in [-0.39, 0.29) is 23.6 Å². The number of fused-ring (bicyclic) bond motifs is 1. The fraction of sp³-hybridized carbons (Fsp3) is 0.588. The van der Waals surface area contributed by atoms with E-state index < -0.39 is 11.2 Å². The predicted octanol–water partition coefficient (Wildman–Crippen LogP) is 0.547. The van der Waals surface area contributed by atoms with E-state index in [0.29, 0.717) is 35.0 Å². The van der Waals surface area contributed by atoms with Gasteiger partial charge in [0.2, 0.25) is 5.91 Å². The van der Waals surface area contributed by atoms with Gasteiger partial charge in [-0.25, -0.2) is 14.8 Å². The first-order valence-corrected chi connectivity index (χ1v) is 10.0. The molecule has 0 radical (unpaired) electrons. The molecule has 0 spiro atoms. The van der Waals surface area contributed by atoms with Crippen molar-refractivity contribution in [1.82, 2.24) is 24.8 Å². The summed E-state index contributed by atoms with van der Waals surface area (Å²) >= 11 is 1.20. The summed E-state index contributed by atoms with van der Waals surface area (Å²) in [7, 11) is 1.57. The molecule has 144 valence electrons. The third-order valence-corrected chi connectivity index (χ3v) is 5.57. The second-order valence-electron chi connectivity index (χ2n) is 6.85. The number of methoxy groups -OCH3 is 1. The number of thioether (sulfide) groups is 1. The van der Waals surface area contributed by atoms with Gasteiger partial charge in [-0.3, -0.25) is 19.1 Å².